The Kier molecular flexibility index (Phi) is 5.80. The van der Waals surface area contributed by atoms with Gasteiger partial charge in [-0.1, -0.05) is 6.07 Å². The summed E-state index contributed by atoms with van der Waals surface area (Å²) in [4.78, 5) is 17.9. The lowest BCUT2D eigenvalue weighted by Gasteiger charge is -2.10. The van der Waals surface area contributed by atoms with E-state index in [0.717, 1.165) is 21.9 Å². The van der Waals surface area contributed by atoms with Gasteiger partial charge in [0, 0.05) is 21.5 Å². The minimum atomic E-state index is -0.259. The molecule has 3 rings (SSSR count). The quantitative estimate of drug-likeness (QED) is 0.482. The normalized spacial score (nSPS) is 11.8. The highest BCUT2D eigenvalue weighted by Gasteiger charge is 2.16. The maximum atomic E-state index is 12.4. The van der Waals surface area contributed by atoms with Crippen molar-refractivity contribution in [3.05, 3.63) is 53.9 Å². The van der Waals surface area contributed by atoms with Crippen molar-refractivity contribution in [3.8, 4) is 17.0 Å². The molecule has 0 saturated heterocycles. The second kappa shape index (κ2) is 8.25. The number of nitrogens with one attached hydrogen (secondary N) is 1. The minimum Gasteiger partial charge on any atom is -0.497 e. The molecule has 0 aliphatic heterocycles. The van der Waals surface area contributed by atoms with Gasteiger partial charge in [-0.3, -0.25) is 4.79 Å². The summed E-state index contributed by atoms with van der Waals surface area (Å²) in [6.07, 6.45) is 0. The van der Waals surface area contributed by atoms with Gasteiger partial charge in [0.15, 0.2) is 5.13 Å². The molecular weight excluding hydrogens is 366 g/mol. The molecule has 1 amide bonds. The number of ether oxygens (including phenoxy) is 1. The summed E-state index contributed by atoms with van der Waals surface area (Å²) in [6, 6.07) is 15.2. The minimum absolute atomic E-state index is 0.0898. The molecule has 0 radical (unpaired) electrons. The number of carbonyl (C=O) groups excluding carboxylic acids is 1. The second-order valence-corrected chi connectivity index (χ2v) is 7.86. The van der Waals surface area contributed by atoms with Gasteiger partial charge in [0.1, 0.15) is 5.75 Å². The smallest absolute Gasteiger partial charge is 0.239 e. The fraction of sp³-hybridized carbons (Fsp3) is 0.158. The number of benzene rings is 2. The van der Waals surface area contributed by atoms with E-state index in [0.29, 0.717) is 10.8 Å². The van der Waals surface area contributed by atoms with Crippen molar-refractivity contribution < 1.29 is 9.53 Å². The van der Waals surface area contributed by atoms with Crippen molar-refractivity contribution in [1.82, 2.24) is 4.98 Å². The van der Waals surface area contributed by atoms with Crippen molar-refractivity contribution in [2.75, 3.05) is 18.2 Å². The van der Waals surface area contributed by atoms with Crippen LogP contribution in [-0.4, -0.2) is 23.3 Å². The van der Waals surface area contributed by atoms with E-state index < -0.39 is 0 Å². The third-order valence-corrected chi connectivity index (χ3v) is 5.51. The van der Waals surface area contributed by atoms with Crippen LogP contribution in [0.2, 0.25) is 0 Å². The topological polar surface area (TPSA) is 77.2 Å². The monoisotopic (exact) mass is 385 g/mol. The molecule has 3 N–H and O–H groups in total. The number of nitrogen functional groups attached to an aromatic ring is 1. The predicted octanol–water partition coefficient (Wildman–Crippen LogP) is 4.52. The molecule has 1 heterocycles. The number of hydrogen-bond donors (Lipinski definition) is 2. The van der Waals surface area contributed by atoms with Gasteiger partial charge in [-0.25, -0.2) is 4.98 Å². The van der Waals surface area contributed by atoms with Crippen LogP contribution in [-0.2, 0) is 4.79 Å². The summed E-state index contributed by atoms with van der Waals surface area (Å²) in [5, 5.41) is 5.13. The zero-order chi connectivity index (χ0) is 18.5. The number of thiazole rings is 1. The number of nitrogens with two attached hydrogens (primary N) is 1. The van der Waals surface area contributed by atoms with Crippen LogP contribution in [0.3, 0.4) is 0 Å². The molecule has 0 fully saturated rings. The summed E-state index contributed by atoms with van der Waals surface area (Å²) in [5.41, 5.74) is 8.27. The van der Waals surface area contributed by atoms with Crippen LogP contribution in [0, 0.1) is 0 Å². The SMILES string of the molecule is COc1ccc(-c2csc(NC(=O)C(C)Sc3cccc(N)c3)n2)cc1. The van der Waals surface area contributed by atoms with E-state index in [-0.39, 0.29) is 11.2 Å². The number of methoxy groups -OCH3 is 1. The average Bonchev–Trinajstić information content (AvgIpc) is 3.10. The van der Waals surface area contributed by atoms with Crippen LogP contribution in [0.15, 0.2) is 58.8 Å². The molecule has 2 aromatic carbocycles. The highest BCUT2D eigenvalue weighted by atomic mass is 32.2. The zero-order valence-electron chi connectivity index (χ0n) is 14.4. The van der Waals surface area contributed by atoms with Gasteiger partial charge in [0.05, 0.1) is 18.1 Å². The molecule has 7 heteroatoms. The lowest BCUT2D eigenvalue weighted by atomic mass is 10.2. The molecule has 134 valence electrons. The highest BCUT2D eigenvalue weighted by Crippen LogP contribution is 2.28. The first kappa shape index (κ1) is 18.3. The van der Waals surface area contributed by atoms with Crippen molar-refractivity contribution in [2.45, 2.75) is 17.1 Å². The Morgan fingerprint density at radius 2 is 2.04 bits per heavy atom. The Balaban J connectivity index is 1.63. The molecule has 1 unspecified atom stereocenters. The van der Waals surface area contributed by atoms with Gasteiger partial charge in [0.2, 0.25) is 5.91 Å². The standard InChI is InChI=1S/C19H19N3O2S2/c1-12(26-16-5-3-4-14(20)10-16)18(23)22-19-21-17(11-25-19)13-6-8-15(24-2)9-7-13/h3-12H,20H2,1-2H3,(H,21,22,23). The van der Waals surface area contributed by atoms with E-state index in [4.69, 9.17) is 10.5 Å². The number of aromatic nitrogens is 1. The molecule has 1 atom stereocenters. The number of amides is 1. The molecule has 0 bridgehead atoms. The maximum absolute atomic E-state index is 12.4. The van der Waals surface area contributed by atoms with E-state index in [1.807, 2.05) is 60.8 Å². The largest absolute Gasteiger partial charge is 0.497 e. The Morgan fingerprint density at radius 1 is 1.27 bits per heavy atom. The van der Waals surface area contributed by atoms with Crippen LogP contribution in [0.25, 0.3) is 11.3 Å². The third-order valence-electron chi connectivity index (χ3n) is 3.66. The maximum Gasteiger partial charge on any atom is 0.239 e. The molecule has 3 aromatic rings. The molecule has 0 aliphatic carbocycles. The first-order valence-corrected chi connectivity index (χ1v) is 9.74. The third kappa shape index (κ3) is 4.56. The van der Waals surface area contributed by atoms with Gasteiger partial charge >= 0.3 is 0 Å². The van der Waals surface area contributed by atoms with Crippen molar-refractivity contribution >= 4 is 39.8 Å². The van der Waals surface area contributed by atoms with Crippen molar-refractivity contribution in [2.24, 2.45) is 0 Å². The Morgan fingerprint density at radius 3 is 2.73 bits per heavy atom. The molecule has 0 saturated carbocycles. The molecular formula is C19H19N3O2S2. The zero-order valence-corrected chi connectivity index (χ0v) is 16.1. The lowest BCUT2D eigenvalue weighted by molar-refractivity contribution is -0.115. The highest BCUT2D eigenvalue weighted by molar-refractivity contribution is 8.00. The van der Waals surface area contributed by atoms with Gasteiger partial charge in [-0.15, -0.1) is 23.1 Å². The fourth-order valence-electron chi connectivity index (χ4n) is 2.28. The Hall–Kier alpha value is -2.51. The van der Waals surface area contributed by atoms with E-state index in [2.05, 4.69) is 10.3 Å². The summed E-state index contributed by atoms with van der Waals surface area (Å²) < 4.78 is 5.16. The van der Waals surface area contributed by atoms with Gasteiger partial charge in [-0.05, 0) is 49.4 Å². The van der Waals surface area contributed by atoms with E-state index in [1.165, 1.54) is 23.1 Å². The number of rotatable bonds is 6. The number of carbonyl (C=O) groups is 1. The van der Waals surface area contributed by atoms with Crippen LogP contribution < -0.4 is 15.8 Å². The van der Waals surface area contributed by atoms with Crippen LogP contribution in [0.4, 0.5) is 10.8 Å². The fourth-order valence-corrected chi connectivity index (χ4v) is 3.94. The van der Waals surface area contributed by atoms with Crippen LogP contribution >= 0.6 is 23.1 Å². The van der Waals surface area contributed by atoms with E-state index in [1.54, 1.807) is 7.11 Å². The summed E-state index contributed by atoms with van der Waals surface area (Å²) in [5.74, 6) is 0.706. The molecule has 26 heavy (non-hydrogen) atoms. The first-order chi connectivity index (χ1) is 12.5. The lowest BCUT2D eigenvalue weighted by Crippen LogP contribution is -2.22. The molecule has 5 nitrogen and oxygen atoms in total. The second-order valence-electron chi connectivity index (χ2n) is 5.59. The molecule has 0 spiro atoms. The van der Waals surface area contributed by atoms with E-state index in [9.17, 15) is 4.79 Å². The van der Waals surface area contributed by atoms with Gasteiger partial charge in [-0.2, -0.15) is 0 Å². The summed E-state index contributed by atoms with van der Waals surface area (Å²) >= 11 is 2.87. The number of anilines is 2. The van der Waals surface area contributed by atoms with Crippen molar-refractivity contribution in [3.63, 3.8) is 0 Å². The Labute approximate surface area is 160 Å². The average molecular weight is 386 g/mol. The predicted molar refractivity (Wildman–Crippen MR) is 109 cm³/mol. The Bertz CT molecular complexity index is 894. The molecule has 0 aliphatic rings. The van der Waals surface area contributed by atoms with Crippen LogP contribution in [0.5, 0.6) is 5.75 Å². The number of nitrogens with zero attached hydrogens (tertiary/aromatic N) is 1. The summed E-state index contributed by atoms with van der Waals surface area (Å²) in [7, 11) is 1.63. The van der Waals surface area contributed by atoms with Crippen LogP contribution in [0.1, 0.15) is 6.92 Å². The molecule has 1 aromatic heterocycles. The van der Waals surface area contributed by atoms with Crippen molar-refractivity contribution in [1.29, 1.82) is 0 Å². The summed E-state index contributed by atoms with van der Waals surface area (Å²) in [6.45, 7) is 1.86. The first-order valence-electron chi connectivity index (χ1n) is 7.98. The van der Waals surface area contributed by atoms with E-state index >= 15 is 0 Å². The van der Waals surface area contributed by atoms with Gasteiger partial charge in [0.25, 0.3) is 0 Å². The van der Waals surface area contributed by atoms with Gasteiger partial charge < -0.3 is 15.8 Å². The number of hydrogen-bond acceptors (Lipinski definition) is 6. The number of thioether (sulfide) groups is 1.